The van der Waals surface area contributed by atoms with Gasteiger partial charge in [0.15, 0.2) is 0 Å². The molecule has 20 heavy (non-hydrogen) atoms. The highest BCUT2D eigenvalue weighted by molar-refractivity contribution is 6.05. The van der Waals surface area contributed by atoms with E-state index in [1.165, 1.54) is 5.56 Å². The Morgan fingerprint density at radius 3 is 2.95 bits per heavy atom. The van der Waals surface area contributed by atoms with Gasteiger partial charge in [0.1, 0.15) is 30.4 Å². The van der Waals surface area contributed by atoms with Crippen molar-refractivity contribution in [3.63, 3.8) is 0 Å². The zero-order valence-corrected chi connectivity index (χ0v) is 11.2. The van der Waals surface area contributed by atoms with Crippen molar-refractivity contribution in [2.75, 3.05) is 6.61 Å². The Labute approximate surface area is 117 Å². The van der Waals surface area contributed by atoms with Crippen LogP contribution in [0.3, 0.4) is 0 Å². The molecule has 0 saturated heterocycles. The van der Waals surface area contributed by atoms with Crippen molar-refractivity contribution in [3.05, 3.63) is 59.2 Å². The SMILES string of the molecule is Cc1cccc(COc2ccc3c(c2)OCC3=NO)c1. The summed E-state index contributed by atoms with van der Waals surface area (Å²) in [4.78, 5) is 0. The molecule has 1 heterocycles. The van der Waals surface area contributed by atoms with Gasteiger partial charge >= 0.3 is 0 Å². The lowest BCUT2D eigenvalue weighted by Gasteiger charge is -2.08. The predicted octanol–water partition coefficient (Wildman–Crippen LogP) is 3.14. The van der Waals surface area contributed by atoms with Gasteiger partial charge in [-0.15, -0.1) is 0 Å². The molecule has 0 aliphatic carbocycles. The van der Waals surface area contributed by atoms with Gasteiger partial charge in [-0.25, -0.2) is 0 Å². The third-order valence-electron chi connectivity index (χ3n) is 3.24. The van der Waals surface area contributed by atoms with Crippen molar-refractivity contribution in [2.24, 2.45) is 5.16 Å². The van der Waals surface area contributed by atoms with Crippen molar-refractivity contribution < 1.29 is 14.7 Å². The quantitative estimate of drug-likeness (QED) is 0.688. The van der Waals surface area contributed by atoms with Crippen molar-refractivity contribution in [1.82, 2.24) is 0 Å². The van der Waals surface area contributed by atoms with Gasteiger partial charge in [0.25, 0.3) is 0 Å². The Hall–Kier alpha value is -2.49. The van der Waals surface area contributed by atoms with E-state index in [2.05, 4.69) is 24.2 Å². The first-order valence-corrected chi connectivity index (χ1v) is 6.43. The molecular formula is C16H15NO3. The molecule has 0 fully saturated rings. The zero-order valence-electron chi connectivity index (χ0n) is 11.2. The fourth-order valence-corrected chi connectivity index (χ4v) is 2.23. The molecule has 1 aliphatic heterocycles. The molecule has 0 unspecified atom stereocenters. The standard InChI is InChI=1S/C16H15NO3/c1-11-3-2-4-12(7-11)9-19-13-5-6-14-15(17-18)10-20-16(14)8-13/h2-8,18H,9-10H2,1H3. The number of benzene rings is 2. The molecule has 102 valence electrons. The summed E-state index contributed by atoms with van der Waals surface area (Å²) < 4.78 is 11.2. The number of aryl methyl sites for hydroxylation is 1. The molecule has 4 nitrogen and oxygen atoms in total. The third-order valence-corrected chi connectivity index (χ3v) is 3.24. The van der Waals surface area contributed by atoms with Gasteiger partial charge in [0.05, 0.1) is 0 Å². The molecule has 1 aliphatic rings. The number of rotatable bonds is 3. The summed E-state index contributed by atoms with van der Waals surface area (Å²) in [5.41, 5.74) is 3.71. The van der Waals surface area contributed by atoms with Crippen LogP contribution in [0.4, 0.5) is 0 Å². The molecule has 2 aromatic rings. The summed E-state index contributed by atoms with van der Waals surface area (Å²) in [5.74, 6) is 1.43. The van der Waals surface area contributed by atoms with E-state index in [1.807, 2.05) is 30.3 Å². The molecule has 2 aromatic carbocycles. The number of nitrogens with zero attached hydrogens (tertiary/aromatic N) is 1. The lowest BCUT2D eigenvalue weighted by Crippen LogP contribution is -2.01. The van der Waals surface area contributed by atoms with E-state index in [4.69, 9.17) is 14.7 Å². The van der Waals surface area contributed by atoms with Crippen LogP contribution in [0.2, 0.25) is 0 Å². The van der Waals surface area contributed by atoms with E-state index < -0.39 is 0 Å². The molecule has 0 aromatic heterocycles. The maximum atomic E-state index is 8.84. The molecule has 0 radical (unpaired) electrons. The van der Waals surface area contributed by atoms with Crippen LogP contribution in [0.1, 0.15) is 16.7 Å². The van der Waals surface area contributed by atoms with E-state index in [1.54, 1.807) is 0 Å². The normalized spacial score (nSPS) is 14.9. The lowest BCUT2D eigenvalue weighted by molar-refractivity contribution is 0.302. The minimum atomic E-state index is 0.299. The number of hydrogen-bond donors (Lipinski definition) is 1. The first kappa shape index (κ1) is 12.5. The molecule has 0 bridgehead atoms. The fraction of sp³-hybridized carbons (Fsp3) is 0.188. The molecule has 0 spiro atoms. The topological polar surface area (TPSA) is 51.0 Å². The second-order valence-corrected chi connectivity index (χ2v) is 4.77. The molecule has 3 rings (SSSR count). The minimum absolute atomic E-state index is 0.299. The largest absolute Gasteiger partial charge is 0.489 e. The van der Waals surface area contributed by atoms with Crippen LogP contribution in [0.25, 0.3) is 0 Å². The summed E-state index contributed by atoms with van der Waals surface area (Å²) in [6.07, 6.45) is 0. The maximum Gasteiger partial charge on any atom is 0.134 e. The molecule has 0 saturated carbocycles. The zero-order chi connectivity index (χ0) is 13.9. The Balaban J connectivity index is 1.73. The third kappa shape index (κ3) is 2.45. The fourth-order valence-electron chi connectivity index (χ4n) is 2.23. The molecule has 0 amide bonds. The Morgan fingerprint density at radius 1 is 1.25 bits per heavy atom. The average Bonchev–Trinajstić information content (AvgIpc) is 2.87. The highest BCUT2D eigenvalue weighted by Crippen LogP contribution is 2.30. The smallest absolute Gasteiger partial charge is 0.134 e. The van der Waals surface area contributed by atoms with Crippen molar-refractivity contribution in [3.8, 4) is 11.5 Å². The minimum Gasteiger partial charge on any atom is -0.489 e. The van der Waals surface area contributed by atoms with Gasteiger partial charge < -0.3 is 14.7 Å². The number of hydrogen-bond acceptors (Lipinski definition) is 4. The van der Waals surface area contributed by atoms with Gasteiger partial charge in [-0.2, -0.15) is 0 Å². The summed E-state index contributed by atoms with van der Waals surface area (Å²) >= 11 is 0. The second kappa shape index (κ2) is 5.25. The van der Waals surface area contributed by atoms with Gasteiger partial charge in [-0.3, -0.25) is 0 Å². The monoisotopic (exact) mass is 269 g/mol. The summed E-state index contributed by atoms with van der Waals surface area (Å²) in [6.45, 7) is 2.87. The second-order valence-electron chi connectivity index (χ2n) is 4.77. The van der Waals surface area contributed by atoms with Crippen LogP contribution in [0, 0.1) is 6.92 Å². The molecule has 4 heteroatoms. The predicted molar refractivity (Wildman–Crippen MR) is 75.8 cm³/mol. The number of ether oxygens (including phenoxy) is 2. The number of oxime groups is 1. The Bertz CT molecular complexity index is 665. The van der Waals surface area contributed by atoms with Crippen LogP contribution < -0.4 is 9.47 Å². The van der Waals surface area contributed by atoms with Crippen LogP contribution in [0.15, 0.2) is 47.6 Å². The van der Waals surface area contributed by atoms with E-state index in [0.717, 1.165) is 16.9 Å². The molecular weight excluding hydrogens is 254 g/mol. The van der Waals surface area contributed by atoms with E-state index in [-0.39, 0.29) is 0 Å². The highest BCUT2D eigenvalue weighted by Gasteiger charge is 2.20. The first-order chi connectivity index (χ1) is 9.76. The summed E-state index contributed by atoms with van der Waals surface area (Å²) in [5, 5.41) is 12.0. The van der Waals surface area contributed by atoms with Gasteiger partial charge in [0.2, 0.25) is 0 Å². The van der Waals surface area contributed by atoms with Gasteiger partial charge in [-0.1, -0.05) is 35.0 Å². The average molecular weight is 269 g/mol. The van der Waals surface area contributed by atoms with E-state index in [9.17, 15) is 0 Å². The van der Waals surface area contributed by atoms with Crippen LogP contribution >= 0.6 is 0 Å². The summed E-state index contributed by atoms with van der Waals surface area (Å²) in [7, 11) is 0. The van der Waals surface area contributed by atoms with Gasteiger partial charge in [-0.05, 0) is 24.6 Å². The van der Waals surface area contributed by atoms with E-state index >= 15 is 0 Å². The van der Waals surface area contributed by atoms with Gasteiger partial charge in [0, 0.05) is 11.6 Å². The lowest BCUT2D eigenvalue weighted by atomic mass is 10.1. The van der Waals surface area contributed by atoms with Crippen LogP contribution in [-0.4, -0.2) is 17.5 Å². The number of fused-ring (bicyclic) bond motifs is 1. The van der Waals surface area contributed by atoms with Crippen LogP contribution in [-0.2, 0) is 6.61 Å². The Morgan fingerprint density at radius 2 is 2.15 bits per heavy atom. The first-order valence-electron chi connectivity index (χ1n) is 6.43. The Kier molecular flexibility index (Phi) is 3.29. The van der Waals surface area contributed by atoms with Crippen molar-refractivity contribution >= 4 is 5.71 Å². The summed E-state index contributed by atoms with van der Waals surface area (Å²) in [6, 6.07) is 13.7. The maximum absolute atomic E-state index is 8.84. The molecule has 1 N–H and O–H groups in total. The van der Waals surface area contributed by atoms with Crippen molar-refractivity contribution in [2.45, 2.75) is 13.5 Å². The van der Waals surface area contributed by atoms with Crippen LogP contribution in [0.5, 0.6) is 11.5 Å². The van der Waals surface area contributed by atoms with E-state index in [0.29, 0.717) is 24.7 Å². The molecule has 0 atom stereocenters. The van der Waals surface area contributed by atoms with Crippen molar-refractivity contribution in [1.29, 1.82) is 0 Å². The highest BCUT2D eigenvalue weighted by atomic mass is 16.5.